The van der Waals surface area contributed by atoms with Gasteiger partial charge in [0.1, 0.15) is 0 Å². The number of anilines is 1. The first-order valence-corrected chi connectivity index (χ1v) is 11.7. The van der Waals surface area contributed by atoms with Crippen molar-refractivity contribution in [3.63, 3.8) is 0 Å². The molecule has 10 heteroatoms. The van der Waals surface area contributed by atoms with Gasteiger partial charge in [-0.25, -0.2) is 13.4 Å². The molecule has 4 heterocycles. The Morgan fingerprint density at radius 2 is 1.87 bits per heavy atom. The summed E-state index contributed by atoms with van der Waals surface area (Å²) >= 11 is 1.33. The fraction of sp³-hybridized carbons (Fsp3) is 0.0476. The van der Waals surface area contributed by atoms with E-state index in [4.69, 9.17) is 4.98 Å². The van der Waals surface area contributed by atoms with Gasteiger partial charge in [0.05, 0.1) is 45.9 Å². The molecule has 0 amide bonds. The Morgan fingerprint density at radius 1 is 0.968 bits per heavy atom. The summed E-state index contributed by atoms with van der Waals surface area (Å²) in [6.07, 6.45) is 8.51. The highest BCUT2D eigenvalue weighted by Gasteiger charge is 2.15. The van der Waals surface area contributed by atoms with Crippen molar-refractivity contribution in [2.45, 2.75) is 4.90 Å². The molecule has 154 valence electrons. The minimum atomic E-state index is -3.65. The third kappa shape index (κ3) is 3.90. The summed E-state index contributed by atoms with van der Waals surface area (Å²) in [4.78, 5) is 13.6. The molecule has 5 rings (SSSR count). The number of thiophene rings is 1. The Morgan fingerprint density at radius 3 is 2.65 bits per heavy atom. The van der Waals surface area contributed by atoms with Gasteiger partial charge in [-0.2, -0.15) is 16.4 Å². The van der Waals surface area contributed by atoms with Crippen LogP contribution in [0, 0.1) is 0 Å². The van der Waals surface area contributed by atoms with E-state index in [2.05, 4.69) is 19.8 Å². The summed E-state index contributed by atoms with van der Waals surface area (Å²) < 4.78 is 29.3. The number of pyridine rings is 1. The van der Waals surface area contributed by atoms with Crippen LogP contribution >= 0.6 is 11.3 Å². The van der Waals surface area contributed by atoms with E-state index < -0.39 is 10.0 Å². The monoisotopic (exact) mass is 448 g/mol. The predicted molar refractivity (Wildman–Crippen MR) is 120 cm³/mol. The third-order valence-corrected chi connectivity index (χ3v) is 6.88. The number of sulfonamides is 1. The van der Waals surface area contributed by atoms with E-state index in [0.717, 1.165) is 33.4 Å². The number of aromatic nitrogens is 5. The molecule has 4 aromatic heterocycles. The first kappa shape index (κ1) is 19.3. The van der Waals surface area contributed by atoms with Gasteiger partial charge < -0.3 is 0 Å². The molecule has 0 spiro atoms. The minimum absolute atomic E-state index is 0.229. The molecule has 31 heavy (non-hydrogen) atoms. The van der Waals surface area contributed by atoms with Crippen LogP contribution in [0.4, 0.5) is 5.69 Å². The zero-order valence-electron chi connectivity index (χ0n) is 16.3. The molecule has 0 atom stereocenters. The van der Waals surface area contributed by atoms with Crippen molar-refractivity contribution < 1.29 is 8.42 Å². The number of nitrogens with zero attached hydrogens (tertiary/aromatic N) is 5. The summed E-state index contributed by atoms with van der Waals surface area (Å²) in [6.45, 7) is 0. The smallest absolute Gasteiger partial charge is 0.262 e. The van der Waals surface area contributed by atoms with Crippen molar-refractivity contribution in [1.29, 1.82) is 0 Å². The number of hydrogen-bond donors (Lipinski definition) is 1. The Hall–Kier alpha value is -3.63. The summed E-state index contributed by atoms with van der Waals surface area (Å²) in [5, 5.41) is 7.49. The predicted octanol–water partition coefficient (Wildman–Crippen LogP) is 3.95. The maximum atomic E-state index is 12.5. The highest BCUT2D eigenvalue weighted by Crippen LogP contribution is 2.27. The van der Waals surface area contributed by atoms with Crippen LogP contribution in [-0.2, 0) is 17.1 Å². The molecule has 5 aromatic rings. The number of rotatable bonds is 5. The van der Waals surface area contributed by atoms with E-state index in [9.17, 15) is 8.42 Å². The normalized spacial score (nSPS) is 11.6. The quantitative estimate of drug-likeness (QED) is 0.437. The SMILES string of the molecule is Cn1cc(-c2cnc3ccc(-c4cncc(NS(=O)(=O)c5ccsc5)c4)cc3n2)cn1. The minimum Gasteiger partial charge on any atom is -0.278 e. The van der Waals surface area contributed by atoms with Crippen molar-refractivity contribution >= 4 is 38.1 Å². The number of nitrogens with one attached hydrogen (secondary N) is 1. The van der Waals surface area contributed by atoms with E-state index in [1.165, 1.54) is 17.5 Å². The zero-order valence-corrected chi connectivity index (χ0v) is 17.9. The van der Waals surface area contributed by atoms with E-state index in [0.29, 0.717) is 5.69 Å². The summed E-state index contributed by atoms with van der Waals surface area (Å²) in [6, 6.07) is 9.01. The maximum absolute atomic E-state index is 12.5. The molecular weight excluding hydrogens is 432 g/mol. The van der Waals surface area contributed by atoms with E-state index in [1.54, 1.807) is 46.2 Å². The van der Waals surface area contributed by atoms with Crippen molar-refractivity contribution in [3.05, 3.63) is 72.1 Å². The topological polar surface area (TPSA) is 103 Å². The maximum Gasteiger partial charge on any atom is 0.262 e. The second kappa shape index (κ2) is 7.56. The van der Waals surface area contributed by atoms with Gasteiger partial charge in [0.2, 0.25) is 0 Å². The van der Waals surface area contributed by atoms with Crippen LogP contribution in [-0.4, -0.2) is 33.2 Å². The highest BCUT2D eigenvalue weighted by atomic mass is 32.2. The van der Waals surface area contributed by atoms with Crippen molar-refractivity contribution in [1.82, 2.24) is 24.7 Å². The third-order valence-electron chi connectivity index (χ3n) is 4.67. The number of benzene rings is 1. The molecule has 8 nitrogen and oxygen atoms in total. The van der Waals surface area contributed by atoms with Crippen LogP contribution in [0.15, 0.2) is 77.0 Å². The van der Waals surface area contributed by atoms with Gasteiger partial charge in [0.15, 0.2) is 0 Å². The summed E-state index contributed by atoms with van der Waals surface area (Å²) in [7, 11) is -1.80. The molecule has 0 aliphatic heterocycles. The van der Waals surface area contributed by atoms with E-state index in [-0.39, 0.29) is 4.90 Å². The summed E-state index contributed by atoms with van der Waals surface area (Å²) in [5.41, 5.74) is 5.11. The molecule has 0 saturated carbocycles. The first-order chi connectivity index (χ1) is 15.0. The van der Waals surface area contributed by atoms with Gasteiger partial charge in [-0.15, -0.1) is 0 Å². The number of fused-ring (bicyclic) bond motifs is 1. The fourth-order valence-electron chi connectivity index (χ4n) is 3.16. The Bertz CT molecular complexity index is 1490. The molecule has 0 unspecified atom stereocenters. The number of hydrogen-bond acceptors (Lipinski definition) is 7. The Kier molecular flexibility index (Phi) is 4.72. The van der Waals surface area contributed by atoms with Gasteiger partial charge >= 0.3 is 0 Å². The van der Waals surface area contributed by atoms with Crippen LogP contribution in [0.25, 0.3) is 33.4 Å². The van der Waals surface area contributed by atoms with Crippen LogP contribution in [0.5, 0.6) is 0 Å². The Balaban J connectivity index is 1.49. The molecule has 0 radical (unpaired) electrons. The highest BCUT2D eigenvalue weighted by molar-refractivity contribution is 7.92. The van der Waals surface area contributed by atoms with Crippen LogP contribution in [0.1, 0.15) is 0 Å². The van der Waals surface area contributed by atoms with Crippen molar-refractivity contribution in [2.24, 2.45) is 7.05 Å². The second-order valence-corrected chi connectivity index (χ2v) is 9.35. The van der Waals surface area contributed by atoms with Gasteiger partial charge in [0.25, 0.3) is 10.0 Å². The van der Waals surface area contributed by atoms with Crippen LogP contribution in [0.3, 0.4) is 0 Å². The van der Waals surface area contributed by atoms with E-state index in [1.807, 2.05) is 31.4 Å². The molecular formula is C21H16N6O2S2. The Labute approximate surface area is 182 Å². The van der Waals surface area contributed by atoms with Gasteiger partial charge in [-0.05, 0) is 35.2 Å². The van der Waals surface area contributed by atoms with Gasteiger partial charge in [-0.1, -0.05) is 6.07 Å². The molecule has 1 N–H and O–H groups in total. The number of aryl methyl sites for hydroxylation is 1. The molecule has 0 fully saturated rings. The van der Waals surface area contributed by atoms with Crippen molar-refractivity contribution in [3.8, 4) is 22.4 Å². The fourth-order valence-corrected chi connectivity index (χ4v) is 5.22. The van der Waals surface area contributed by atoms with Crippen molar-refractivity contribution in [2.75, 3.05) is 4.72 Å². The largest absolute Gasteiger partial charge is 0.278 e. The average Bonchev–Trinajstić information content (AvgIpc) is 3.45. The van der Waals surface area contributed by atoms with Crippen LogP contribution in [0.2, 0.25) is 0 Å². The lowest BCUT2D eigenvalue weighted by atomic mass is 10.1. The molecule has 0 bridgehead atoms. The standard InChI is InChI=1S/C21H16N6O2S2/c1-27-12-16(9-24-27)21-11-23-19-3-2-14(7-20(19)25-21)15-6-17(10-22-8-15)26-31(28,29)18-4-5-30-13-18/h2-13,26H,1H3. The average molecular weight is 449 g/mol. The summed E-state index contributed by atoms with van der Waals surface area (Å²) in [5.74, 6) is 0. The van der Waals surface area contributed by atoms with Gasteiger partial charge in [0, 0.05) is 35.9 Å². The zero-order chi connectivity index (χ0) is 21.4. The van der Waals surface area contributed by atoms with E-state index >= 15 is 0 Å². The second-order valence-electron chi connectivity index (χ2n) is 6.89. The van der Waals surface area contributed by atoms with Crippen LogP contribution < -0.4 is 4.72 Å². The molecule has 0 aliphatic carbocycles. The molecule has 1 aromatic carbocycles. The molecule has 0 saturated heterocycles. The lowest BCUT2D eigenvalue weighted by molar-refractivity contribution is 0.601. The first-order valence-electron chi connectivity index (χ1n) is 9.24. The van der Waals surface area contributed by atoms with Gasteiger partial charge in [-0.3, -0.25) is 19.4 Å². The molecule has 0 aliphatic rings. The lowest BCUT2D eigenvalue weighted by Gasteiger charge is -2.09. The lowest BCUT2D eigenvalue weighted by Crippen LogP contribution is -2.12.